The van der Waals surface area contributed by atoms with Crippen molar-refractivity contribution in [2.45, 2.75) is 46.0 Å². The lowest BCUT2D eigenvalue weighted by molar-refractivity contribution is 0.306. The molecule has 0 amide bonds. The minimum atomic E-state index is 0.469. The van der Waals surface area contributed by atoms with Gasteiger partial charge in [0.25, 0.3) is 0 Å². The van der Waals surface area contributed by atoms with Crippen LogP contribution in [0.4, 0.5) is 11.5 Å². The molecule has 1 aliphatic carbocycles. The first-order chi connectivity index (χ1) is 9.21. The quantitative estimate of drug-likeness (QED) is 0.755. The fourth-order valence-electron chi connectivity index (χ4n) is 2.33. The molecule has 1 fully saturated rings. The molecule has 3 N–H and O–H groups in total. The molecule has 0 spiro atoms. The van der Waals surface area contributed by atoms with E-state index in [1.807, 2.05) is 0 Å². The highest BCUT2D eigenvalue weighted by Gasteiger charge is 2.41. The highest BCUT2D eigenvalue weighted by atomic mass is 16.5. The lowest BCUT2D eigenvalue weighted by Crippen LogP contribution is -2.17. The lowest BCUT2D eigenvalue weighted by atomic mass is 10.0. The summed E-state index contributed by atoms with van der Waals surface area (Å²) in [4.78, 5) is 8.29. The van der Waals surface area contributed by atoms with Crippen molar-refractivity contribution < 1.29 is 4.74 Å². The zero-order valence-electron chi connectivity index (χ0n) is 11.9. The van der Waals surface area contributed by atoms with Crippen LogP contribution in [0.3, 0.4) is 0 Å². The van der Waals surface area contributed by atoms with Gasteiger partial charge in [-0.2, -0.15) is 4.98 Å². The molecule has 0 bridgehead atoms. The molecule has 0 unspecified atom stereocenters. The SMILES string of the molecule is CCCOc1ncnc(NCC2(CCC)CC2)c1N. The zero-order chi connectivity index (χ0) is 13.7. The van der Waals surface area contributed by atoms with Gasteiger partial charge in [-0.05, 0) is 31.1 Å². The summed E-state index contributed by atoms with van der Waals surface area (Å²) in [5, 5.41) is 3.36. The van der Waals surface area contributed by atoms with E-state index in [1.165, 1.54) is 32.0 Å². The van der Waals surface area contributed by atoms with Gasteiger partial charge in [0.2, 0.25) is 5.88 Å². The summed E-state index contributed by atoms with van der Waals surface area (Å²) < 4.78 is 5.51. The van der Waals surface area contributed by atoms with Gasteiger partial charge in [0.1, 0.15) is 12.0 Å². The Kier molecular flexibility index (Phi) is 4.45. The van der Waals surface area contributed by atoms with Crippen LogP contribution in [0.5, 0.6) is 5.88 Å². The molecule has 1 aromatic heterocycles. The number of rotatable bonds is 8. The molecular formula is C14H24N4O. The standard InChI is InChI=1S/C14H24N4O/c1-3-5-14(6-7-14)9-16-12-11(15)13(18-10-17-12)19-8-4-2/h10H,3-9,15H2,1-2H3,(H,16,17,18). The van der Waals surface area contributed by atoms with Crippen LogP contribution in [0, 0.1) is 5.41 Å². The highest BCUT2D eigenvalue weighted by molar-refractivity contribution is 5.66. The van der Waals surface area contributed by atoms with E-state index < -0.39 is 0 Å². The third-order valence-corrected chi connectivity index (χ3v) is 3.66. The van der Waals surface area contributed by atoms with Gasteiger partial charge >= 0.3 is 0 Å². The monoisotopic (exact) mass is 264 g/mol. The van der Waals surface area contributed by atoms with Gasteiger partial charge in [-0.3, -0.25) is 0 Å². The molecule has 0 saturated heterocycles. The molecule has 1 heterocycles. The Morgan fingerprint density at radius 2 is 2.11 bits per heavy atom. The Bertz CT molecular complexity index is 418. The van der Waals surface area contributed by atoms with E-state index in [9.17, 15) is 0 Å². The third kappa shape index (κ3) is 3.49. The van der Waals surface area contributed by atoms with Crippen LogP contribution in [0.2, 0.25) is 0 Å². The number of hydrogen-bond acceptors (Lipinski definition) is 5. The maximum absolute atomic E-state index is 6.04. The van der Waals surface area contributed by atoms with Crippen LogP contribution < -0.4 is 15.8 Å². The predicted molar refractivity (Wildman–Crippen MR) is 77.3 cm³/mol. The average Bonchev–Trinajstić information content (AvgIpc) is 3.17. The number of nitrogens with one attached hydrogen (secondary N) is 1. The van der Waals surface area contributed by atoms with E-state index in [-0.39, 0.29) is 0 Å². The van der Waals surface area contributed by atoms with Gasteiger partial charge in [-0.15, -0.1) is 0 Å². The fraction of sp³-hybridized carbons (Fsp3) is 0.714. The first kappa shape index (κ1) is 13.9. The van der Waals surface area contributed by atoms with E-state index in [0.29, 0.717) is 29.4 Å². The van der Waals surface area contributed by atoms with E-state index in [2.05, 4.69) is 29.1 Å². The minimum absolute atomic E-state index is 0.469. The highest BCUT2D eigenvalue weighted by Crippen LogP contribution is 2.49. The van der Waals surface area contributed by atoms with Gasteiger partial charge in [0, 0.05) is 6.54 Å². The second kappa shape index (κ2) is 6.08. The van der Waals surface area contributed by atoms with Crippen LogP contribution in [0.1, 0.15) is 46.0 Å². The molecule has 0 atom stereocenters. The number of hydrogen-bond donors (Lipinski definition) is 2. The van der Waals surface area contributed by atoms with Crippen molar-refractivity contribution >= 4 is 11.5 Å². The third-order valence-electron chi connectivity index (χ3n) is 3.66. The number of anilines is 2. The second-order valence-corrected chi connectivity index (χ2v) is 5.39. The molecule has 19 heavy (non-hydrogen) atoms. The molecule has 106 valence electrons. The fourth-order valence-corrected chi connectivity index (χ4v) is 2.33. The number of aromatic nitrogens is 2. The molecule has 5 nitrogen and oxygen atoms in total. The number of nitrogen functional groups attached to an aromatic ring is 1. The summed E-state index contributed by atoms with van der Waals surface area (Å²) in [6.07, 6.45) is 7.54. The van der Waals surface area contributed by atoms with Gasteiger partial charge in [0.05, 0.1) is 6.61 Å². The van der Waals surface area contributed by atoms with Crippen molar-refractivity contribution in [2.75, 3.05) is 24.2 Å². The Morgan fingerprint density at radius 1 is 1.32 bits per heavy atom. The van der Waals surface area contributed by atoms with Crippen LogP contribution in [-0.2, 0) is 0 Å². The van der Waals surface area contributed by atoms with Crippen molar-refractivity contribution in [3.05, 3.63) is 6.33 Å². The number of nitrogens with two attached hydrogens (primary N) is 1. The van der Waals surface area contributed by atoms with Crippen LogP contribution in [0.15, 0.2) is 6.33 Å². The minimum Gasteiger partial charge on any atom is -0.476 e. The summed E-state index contributed by atoms with van der Waals surface area (Å²) in [5.74, 6) is 1.18. The summed E-state index contributed by atoms with van der Waals surface area (Å²) >= 11 is 0. The second-order valence-electron chi connectivity index (χ2n) is 5.39. The normalized spacial score (nSPS) is 16.1. The summed E-state index contributed by atoms with van der Waals surface area (Å²) in [6.45, 7) is 5.85. The Balaban J connectivity index is 1.96. The van der Waals surface area contributed by atoms with Crippen LogP contribution >= 0.6 is 0 Å². The van der Waals surface area contributed by atoms with Gasteiger partial charge < -0.3 is 15.8 Å². The molecule has 2 rings (SSSR count). The van der Waals surface area contributed by atoms with E-state index in [0.717, 1.165) is 13.0 Å². The molecule has 1 aliphatic rings. The summed E-state index contributed by atoms with van der Waals surface area (Å²) in [5.41, 5.74) is 7.02. The molecule has 1 aromatic rings. The molecule has 1 saturated carbocycles. The molecule has 0 aliphatic heterocycles. The van der Waals surface area contributed by atoms with E-state index in [1.54, 1.807) is 0 Å². The van der Waals surface area contributed by atoms with Crippen molar-refractivity contribution in [1.82, 2.24) is 9.97 Å². The van der Waals surface area contributed by atoms with E-state index >= 15 is 0 Å². The van der Waals surface area contributed by atoms with Crippen LogP contribution in [-0.4, -0.2) is 23.1 Å². The van der Waals surface area contributed by atoms with Gasteiger partial charge in [-0.1, -0.05) is 20.3 Å². The Labute approximate surface area is 115 Å². The van der Waals surface area contributed by atoms with Gasteiger partial charge in [-0.25, -0.2) is 4.98 Å². The topological polar surface area (TPSA) is 73.1 Å². The van der Waals surface area contributed by atoms with Crippen LogP contribution in [0.25, 0.3) is 0 Å². The van der Waals surface area contributed by atoms with Gasteiger partial charge in [0.15, 0.2) is 5.82 Å². The average molecular weight is 264 g/mol. The Morgan fingerprint density at radius 3 is 2.74 bits per heavy atom. The maximum atomic E-state index is 6.04. The lowest BCUT2D eigenvalue weighted by Gasteiger charge is -2.17. The summed E-state index contributed by atoms with van der Waals surface area (Å²) in [7, 11) is 0. The van der Waals surface area contributed by atoms with Crippen molar-refractivity contribution in [3.63, 3.8) is 0 Å². The molecule has 0 radical (unpaired) electrons. The van der Waals surface area contributed by atoms with Crippen molar-refractivity contribution in [3.8, 4) is 5.88 Å². The molecule has 5 heteroatoms. The summed E-state index contributed by atoms with van der Waals surface area (Å²) in [6, 6.07) is 0. The molecular weight excluding hydrogens is 240 g/mol. The number of nitrogens with zero attached hydrogens (tertiary/aromatic N) is 2. The maximum Gasteiger partial charge on any atom is 0.242 e. The van der Waals surface area contributed by atoms with E-state index in [4.69, 9.17) is 10.5 Å². The largest absolute Gasteiger partial charge is 0.476 e. The Hall–Kier alpha value is -1.52. The zero-order valence-corrected chi connectivity index (χ0v) is 11.9. The first-order valence-corrected chi connectivity index (χ1v) is 7.18. The molecule has 0 aromatic carbocycles. The van der Waals surface area contributed by atoms with Crippen molar-refractivity contribution in [1.29, 1.82) is 0 Å². The first-order valence-electron chi connectivity index (χ1n) is 7.18. The smallest absolute Gasteiger partial charge is 0.242 e. The van der Waals surface area contributed by atoms with Crippen molar-refractivity contribution in [2.24, 2.45) is 5.41 Å². The number of ether oxygens (including phenoxy) is 1. The predicted octanol–water partition coefficient (Wildman–Crippen LogP) is 2.84.